The van der Waals surface area contributed by atoms with E-state index >= 15 is 0 Å². The molecule has 0 aliphatic carbocycles. The van der Waals surface area contributed by atoms with E-state index in [1.54, 1.807) is 7.05 Å². The molecule has 0 unspecified atom stereocenters. The number of rotatable bonds is 6. The SMILES string of the molecule is CN=C(NCCN1CCCCC1)NCC(=O)N1CCN(c2ccc(Cl)cc2)CC1.I. The summed E-state index contributed by atoms with van der Waals surface area (Å²) < 4.78 is 0. The molecule has 2 heterocycles. The van der Waals surface area contributed by atoms with Crippen molar-refractivity contribution in [1.82, 2.24) is 20.4 Å². The van der Waals surface area contributed by atoms with Crippen molar-refractivity contribution in [2.24, 2.45) is 4.99 Å². The second kappa shape index (κ2) is 13.2. The van der Waals surface area contributed by atoms with E-state index < -0.39 is 0 Å². The maximum Gasteiger partial charge on any atom is 0.242 e. The number of likely N-dealkylation sites (tertiary alicyclic amines) is 1. The summed E-state index contributed by atoms with van der Waals surface area (Å²) in [6, 6.07) is 7.87. The van der Waals surface area contributed by atoms with Gasteiger partial charge in [0.1, 0.15) is 0 Å². The molecular weight excluding hydrogens is 515 g/mol. The Bertz CT molecular complexity index is 673. The van der Waals surface area contributed by atoms with E-state index in [9.17, 15) is 4.79 Å². The molecule has 0 radical (unpaired) electrons. The third-order valence-corrected chi connectivity index (χ3v) is 5.88. The van der Waals surface area contributed by atoms with Gasteiger partial charge in [-0.1, -0.05) is 18.0 Å². The van der Waals surface area contributed by atoms with Crippen LogP contribution in [-0.4, -0.2) is 87.6 Å². The molecule has 0 atom stereocenters. The molecule has 168 valence electrons. The van der Waals surface area contributed by atoms with Gasteiger partial charge in [0, 0.05) is 57.0 Å². The van der Waals surface area contributed by atoms with Crippen LogP contribution in [0.25, 0.3) is 0 Å². The molecular formula is C21H34ClIN6O. The van der Waals surface area contributed by atoms with Crippen LogP contribution in [0.3, 0.4) is 0 Å². The number of anilines is 1. The van der Waals surface area contributed by atoms with Crippen molar-refractivity contribution < 1.29 is 4.79 Å². The first-order chi connectivity index (χ1) is 14.2. The highest BCUT2D eigenvalue weighted by Crippen LogP contribution is 2.19. The Hall–Kier alpha value is -1.26. The van der Waals surface area contributed by atoms with Gasteiger partial charge in [0.25, 0.3) is 0 Å². The van der Waals surface area contributed by atoms with Crippen molar-refractivity contribution in [3.8, 4) is 0 Å². The number of carbonyl (C=O) groups excluding carboxylic acids is 1. The van der Waals surface area contributed by atoms with Crippen LogP contribution in [0.5, 0.6) is 0 Å². The highest BCUT2D eigenvalue weighted by atomic mass is 127. The number of benzene rings is 1. The van der Waals surface area contributed by atoms with Gasteiger partial charge in [-0.15, -0.1) is 24.0 Å². The fourth-order valence-electron chi connectivity index (χ4n) is 3.87. The molecule has 2 aliphatic rings. The Morgan fingerprint density at radius 3 is 2.30 bits per heavy atom. The lowest BCUT2D eigenvalue weighted by atomic mass is 10.1. The summed E-state index contributed by atoms with van der Waals surface area (Å²) in [4.78, 5) is 23.5. The molecule has 2 saturated heterocycles. The molecule has 0 spiro atoms. The standard InChI is InChI=1S/C21H33ClN6O.HI/c1-23-21(24-9-12-26-10-3-2-4-11-26)25-17-20(29)28-15-13-27(14-16-28)19-7-5-18(22)6-8-19;/h5-8H,2-4,9-17H2,1H3,(H2,23,24,25);1H. The third kappa shape index (κ3) is 7.77. The zero-order valence-electron chi connectivity index (χ0n) is 17.8. The molecule has 0 bridgehead atoms. The number of amides is 1. The predicted octanol–water partition coefficient (Wildman–Crippen LogP) is 2.26. The van der Waals surface area contributed by atoms with Gasteiger partial charge < -0.3 is 25.3 Å². The Kier molecular flexibility index (Phi) is 11.0. The molecule has 2 aliphatic heterocycles. The Labute approximate surface area is 202 Å². The highest BCUT2D eigenvalue weighted by Gasteiger charge is 2.21. The van der Waals surface area contributed by atoms with Crippen LogP contribution < -0.4 is 15.5 Å². The van der Waals surface area contributed by atoms with Gasteiger partial charge in [-0.2, -0.15) is 0 Å². The summed E-state index contributed by atoms with van der Waals surface area (Å²) in [5, 5.41) is 7.21. The van der Waals surface area contributed by atoms with Gasteiger partial charge >= 0.3 is 0 Å². The highest BCUT2D eigenvalue weighted by molar-refractivity contribution is 14.0. The minimum absolute atomic E-state index is 0. The summed E-state index contributed by atoms with van der Waals surface area (Å²) in [5.41, 5.74) is 1.15. The molecule has 1 aromatic rings. The summed E-state index contributed by atoms with van der Waals surface area (Å²) in [6.07, 6.45) is 3.95. The van der Waals surface area contributed by atoms with Crippen LogP contribution in [0.2, 0.25) is 5.02 Å². The molecule has 1 amide bonds. The summed E-state index contributed by atoms with van der Waals surface area (Å²) in [5.74, 6) is 0.801. The average molecular weight is 549 g/mol. The van der Waals surface area contributed by atoms with Crippen LogP contribution in [0, 0.1) is 0 Å². The minimum Gasteiger partial charge on any atom is -0.368 e. The van der Waals surface area contributed by atoms with Crippen LogP contribution in [0.4, 0.5) is 5.69 Å². The number of nitrogens with one attached hydrogen (secondary N) is 2. The van der Waals surface area contributed by atoms with E-state index in [4.69, 9.17) is 11.6 Å². The van der Waals surface area contributed by atoms with Crippen molar-refractivity contribution in [2.75, 3.05) is 70.9 Å². The molecule has 1 aromatic carbocycles. The number of nitrogens with zero attached hydrogens (tertiary/aromatic N) is 4. The van der Waals surface area contributed by atoms with Crippen molar-refractivity contribution in [3.63, 3.8) is 0 Å². The quantitative estimate of drug-likeness (QED) is 0.324. The lowest BCUT2D eigenvalue weighted by molar-refractivity contribution is -0.130. The van der Waals surface area contributed by atoms with Gasteiger partial charge in [-0.05, 0) is 50.2 Å². The third-order valence-electron chi connectivity index (χ3n) is 5.62. The maximum absolute atomic E-state index is 12.6. The topological polar surface area (TPSA) is 63.2 Å². The van der Waals surface area contributed by atoms with E-state index in [0.717, 1.165) is 50.0 Å². The first-order valence-electron chi connectivity index (χ1n) is 10.6. The number of piperidine rings is 1. The number of aliphatic imine (C=N–C) groups is 1. The zero-order chi connectivity index (χ0) is 20.5. The monoisotopic (exact) mass is 548 g/mol. The number of piperazine rings is 1. The Morgan fingerprint density at radius 1 is 1.00 bits per heavy atom. The molecule has 7 nitrogen and oxygen atoms in total. The number of hydrogen-bond donors (Lipinski definition) is 2. The normalized spacial score (nSPS) is 18.0. The second-order valence-electron chi connectivity index (χ2n) is 7.60. The van der Waals surface area contributed by atoms with Crippen LogP contribution >= 0.6 is 35.6 Å². The number of hydrogen-bond acceptors (Lipinski definition) is 4. The second-order valence-corrected chi connectivity index (χ2v) is 8.04. The van der Waals surface area contributed by atoms with E-state index in [1.165, 1.54) is 32.4 Å². The van der Waals surface area contributed by atoms with E-state index in [2.05, 4.69) is 25.4 Å². The van der Waals surface area contributed by atoms with Crippen LogP contribution in [-0.2, 0) is 4.79 Å². The molecule has 0 aromatic heterocycles. The number of halogens is 2. The lowest BCUT2D eigenvalue weighted by Gasteiger charge is -2.36. The summed E-state index contributed by atoms with van der Waals surface area (Å²) in [6.45, 7) is 7.61. The maximum atomic E-state index is 12.6. The lowest BCUT2D eigenvalue weighted by Crippen LogP contribution is -2.52. The Balaban J connectivity index is 0.00000320. The molecule has 9 heteroatoms. The van der Waals surface area contributed by atoms with Gasteiger partial charge in [0.15, 0.2) is 5.96 Å². The average Bonchev–Trinajstić information content (AvgIpc) is 2.77. The van der Waals surface area contributed by atoms with Gasteiger partial charge in [-0.25, -0.2) is 0 Å². The van der Waals surface area contributed by atoms with Gasteiger partial charge in [-0.3, -0.25) is 9.79 Å². The fraction of sp³-hybridized carbons (Fsp3) is 0.619. The van der Waals surface area contributed by atoms with Crippen LogP contribution in [0.1, 0.15) is 19.3 Å². The zero-order valence-corrected chi connectivity index (χ0v) is 20.9. The first kappa shape index (κ1) is 25.0. The van der Waals surface area contributed by atoms with E-state index in [-0.39, 0.29) is 36.4 Å². The smallest absolute Gasteiger partial charge is 0.242 e. The van der Waals surface area contributed by atoms with Crippen molar-refractivity contribution in [3.05, 3.63) is 29.3 Å². The molecule has 30 heavy (non-hydrogen) atoms. The largest absolute Gasteiger partial charge is 0.368 e. The molecule has 2 N–H and O–H groups in total. The fourth-order valence-corrected chi connectivity index (χ4v) is 4.00. The predicted molar refractivity (Wildman–Crippen MR) is 135 cm³/mol. The Morgan fingerprint density at radius 2 is 1.67 bits per heavy atom. The van der Waals surface area contributed by atoms with E-state index in [1.807, 2.05) is 29.2 Å². The van der Waals surface area contributed by atoms with Crippen molar-refractivity contribution in [2.45, 2.75) is 19.3 Å². The number of guanidine groups is 1. The minimum atomic E-state index is 0. The van der Waals surface area contributed by atoms with Gasteiger partial charge in [0.2, 0.25) is 5.91 Å². The van der Waals surface area contributed by atoms with E-state index in [0.29, 0.717) is 5.96 Å². The van der Waals surface area contributed by atoms with Gasteiger partial charge in [0.05, 0.1) is 6.54 Å². The molecule has 3 rings (SSSR count). The summed E-state index contributed by atoms with van der Waals surface area (Å²) in [7, 11) is 1.74. The molecule has 0 saturated carbocycles. The van der Waals surface area contributed by atoms with Crippen molar-refractivity contribution >= 4 is 53.1 Å². The summed E-state index contributed by atoms with van der Waals surface area (Å²) >= 11 is 5.96. The molecule has 2 fully saturated rings. The van der Waals surface area contributed by atoms with Crippen LogP contribution in [0.15, 0.2) is 29.3 Å². The first-order valence-corrected chi connectivity index (χ1v) is 11.0. The number of carbonyl (C=O) groups is 1. The van der Waals surface area contributed by atoms with Crippen molar-refractivity contribution in [1.29, 1.82) is 0 Å².